The molecule has 1 heterocycles. The molecule has 0 radical (unpaired) electrons. The van der Waals surface area contributed by atoms with Crippen LogP contribution < -0.4 is 15.5 Å². The van der Waals surface area contributed by atoms with E-state index in [1.165, 1.54) is 0 Å². The van der Waals surface area contributed by atoms with Crippen molar-refractivity contribution in [3.8, 4) is 11.4 Å². The molecule has 0 bridgehead atoms. The van der Waals surface area contributed by atoms with E-state index in [4.69, 9.17) is 4.74 Å². The van der Waals surface area contributed by atoms with Gasteiger partial charge in [-0.1, -0.05) is 26.0 Å². The van der Waals surface area contributed by atoms with Crippen molar-refractivity contribution in [1.29, 1.82) is 0 Å². The van der Waals surface area contributed by atoms with Crippen LogP contribution in [-0.2, 0) is 6.54 Å². The summed E-state index contributed by atoms with van der Waals surface area (Å²) >= 11 is 0. The molecule has 22 heavy (non-hydrogen) atoms. The zero-order chi connectivity index (χ0) is 16.1. The fourth-order valence-electron chi connectivity index (χ4n) is 2.31. The smallest absolute Gasteiger partial charge is 0.186 e. The highest BCUT2D eigenvalue weighted by molar-refractivity contribution is 5.48. The molecule has 1 aromatic heterocycles. The van der Waals surface area contributed by atoms with Gasteiger partial charge in [0.25, 0.3) is 0 Å². The molecule has 0 unspecified atom stereocenters. The fraction of sp³-hybridized carbons (Fsp3) is 0.389. The minimum Gasteiger partial charge on any atom is -0.492 e. The van der Waals surface area contributed by atoms with Crippen molar-refractivity contribution < 1.29 is 4.74 Å². The van der Waals surface area contributed by atoms with Crippen LogP contribution >= 0.6 is 0 Å². The number of nitrogens with one attached hydrogen (secondary N) is 1. The van der Waals surface area contributed by atoms with Crippen molar-refractivity contribution in [2.75, 3.05) is 6.61 Å². The molecule has 0 atom stereocenters. The maximum Gasteiger partial charge on any atom is 0.186 e. The Morgan fingerprint density at radius 2 is 2.00 bits per heavy atom. The first kappa shape index (κ1) is 16.3. The largest absolute Gasteiger partial charge is 0.492 e. The highest BCUT2D eigenvalue weighted by atomic mass is 16.5. The van der Waals surface area contributed by atoms with Crippen molar-refractivity contribution in [1.82, 2.24) is 9.88 Å². The maximum absolute atomic E-state index is 12.2. The minimum absolute atomic E-state index is 0.0655. The van der Waals surface area contributed by atoms with Gasteiger partial charge in [0.15, 0.2) is 5.43 Å². The van der Waals surface area contributed by atoms with Crippen LogP contribution in [0.5, 0.6) is 5.75 Å². The molecule has 2 rings (SSSR count). The Bertz CT molecular complexity index is 690. The van der Waals surface area contributed by atoms with Gasteiger partial charge in [0.05, 0.1) is 12.3 Å². The second-order valence-corrected chi connectivity index (χ2v) is 5.61. The van der Waals surface area contributed by atoms with Gasteiger partial charge in [0.1, 0.15) is 5.75 Å². The number of aryl methyl sites for hydroxylation is 1. The Labute approximate surface area is 131 Å². The molecule has 0 fully saturated rings. The van der Waals surface area contributed by atoms with Crippen LogP contribution in [0.2, 0.25) is 0 Å². The third kappa shape index (κ3) is 3.77. The van der Waals surface area contributed by atoms with Gasteiger partial charge in [0.2, 0.25) is 0 Å². The van der Waals surface area contributed by atoms with E-state index in [0.29, 0.717) is 19.2 Å². The highest BCUT2D eigenvalue weighted by Crippen LogP contribution is 2.23. The van der Waals surface area contributed by atoms with Crippen molar-refractivity contribution in [3.63, 3.8) is 0 Å². The summed E-state index contributed by atoms with van der Waals surface area (Å²) < 4.78 is 7.72. The molecule has 1 N–H and O–H groups in total. The number of hydrogen-bond acceptors (Lipinski definition) is 3. The zero-order valence-electron chi connectivity index (χ0n) is 13.7. The summed E-state index contributed by atoms with van der Waals surface area (Å²) in [6.07, 6.45) is 1.91. The Kier molecular flexibility index (Phi) is 5.39. The topological polar surface area (TPSA) is 43.3 Å². The molecule has 0 aliphatic heterocycles. The predicted octanol–water partition coefficient (Wildman–Crippen LogP) is 3.04. The van der Waals surface area contributed by atoms with Crippen LogP contribution in [0.25, 0.3) is 5.69 Å². The van der Waals surface area contributed by atoms with Gasteiger partial charge in [-0.3, -0.25) is 4.79 Å². The van der Waals surface area contributed by atoms with Gasteiger partial charge in [-0.25, -0.2) is 0 Å². The van der Waals surface area contributed by atoms with Gasteiger partial charge < -0.3 is 14.6 Å². The first-order valence-corrected chi connectivity index (χ1v) is 7.70. The van der Waals surface area contributed by atoms with E-state index in [0.717, 1.165) is 22.7 Å². The lowest BCUT2D eigenvalue weighted by Gasteiger charge is -2.17. The molecule has 4 nitrogen and oxygen atoms in total. The third-order valence-corrected chi connectivity index (χ3v) is 3.45. The lowest BCUT2D eigenvalue weighted by molar-refractivity contribution is 0.339. The fourth-order valence-corrected chi connectivity index (χ4v) is 2.31. The van der Waals surface area contributed by atoms with Crippen molar-refractivity contribution in [2.45, 2.75) is 40.3 Å². The average molecular weight is 300 g/mol. The van der Waals surface area contributed by atoms with Gasteiger partial charge >= 0.3 is 0 Å². The molecule has 1 aromatic carbocycles. The molecule has 4 heteroatoms. The number of rotatable bonds is 6. The van der Waals surface area contributed by atoms with Crippen LogP contribution in [-0.4, -0.2) is 17.2 Å². The number of aromatic nitrogens is 1. The SMILES string of the molecule is CCOc1ccccc1-n1cc(CNC(C)C)c(=O)cc1C. The Morgan fingerprint density at radius 3 is 2.68 bits per heavy atom. The molecular formula is C18H24N2O2. The van der Waals surface area contributed by atoms with Crippen molar-refractivity contribution in [2.24, 2.45) is 0 Å². The standard InChI is InChI=1S/C18H24N2O2/c1-5-22-18-9-7-6-8-16(18)20-12-15(11-19-13(2)3)17(21)10-14(20)4/h6-10,12-13,19H,5,11H2,1-4H3. The van der Waals surface area contributed by atoms with Crippen LogP contribution in [0.15, 0.2) is 41.3 Å². The average Bonchev–Trinajstić information content (AvgIpc) is 2.47. The second-order valence-electron chi connectivity index (χ2n) is 5.61. The summed E-state index contributed by atoms with van der Waals surface area (Å²) in [4.78, 5) is 12.2. The molecule has 2 aromatic rings. The lowest BCUT2D eigenvalue weighted by atomic mass is 10.2. The van der Waals surface area contributed by atoms with E-state index in [9.17, 15) is 4.79 Å². The third-order valence-electron chi connectivity index (χ3n) is 3.45. The van der Waals surface area contributed by atoms with Crippen molar-refractivity contribution >= 4 is 0 Å². The quantitative estimate of drug-likeness (QED) is 0.891. The molecule has 0 aliphatic rings. The summed E-state index contributed by atoms with van der Waals surface area (Å²) in [7, 11) is 0. The zero-order valence-corrected chi connectivity index (χ0v) is 13.7. The van der Waals surface area contributed by atoms with Gasteiger partial charge in [-0.15, -0.1) is 0 Å². The minimum atomic E-state index is 0.0655. The van der Waals surface area contributed by atoms with Crippen molar-refractivity contribution in [3.05, 3.63) is 58.0 Å². The number of pyridine rings is 1. The van der Waals surface area contributed by atoms with E-state index in [1.807, 2.05) is 48.9 Å². The number of ether oxygens (including phenoxy) is 1. The van der Waals surface area contributed by atoms with E-state index in [2.05, 4.69) is 19.2 Å². The summed E-state index contributed by atoms with van der Waals surface area (Å²) in [5.74, 6) is 0.819. The number of nitrogens with zero attached hydrogens (tertiary/aromatic N) is 1. The Hall–Kier alpha value is -2.07. The van der Waals surface area contributed by atoms with Crippen LogP contribution in [0, 0.1) is 6.92 Å². The molecule has 118 valence electrons. The molecular weight excluding hydrogens is 276 g/mol. The normalized spacial score (nSPS) is 11.0. The highest BCUT2D eigenvalue weighted by Gasteiger charge is 2.10. The Morgan fingerprint density at radius 1 is 1.27 bits per heavy atom. The summed E-state index contributed by atoms with van der Waals surface area (Å²) in [6, 6.07) is 9.89. The maximum atomic E-state index is 12.2. The summed E-state index contributed by atoms with van der Waals surface area (Å²) in [5.41, 5.74) is 2.67. The number of benzene rings is 1. The first-order chi connectivity index (χ1) is 10.5. The number of para-hydroxylation sites is 2. The van der Waals surface area contributed by atoms with E-state index in [-0.39, 0.29) is 5.43 Å². The Balaban J connectivity index is 2.47. The second kappa shape index (κ2) is 7.27. The summed E-state index contributed by atoms with van der Waals surface area (Å²) in [5, 5.41) is 3.30. The van der Waals surface area contributed by atoms with Crippen LogP contribution in [0.3, 0.4) is 0 Å². The predicted molar refractivity (Wildman–Crippen MR) is 89.9 cm³/mol. The molecule has 0 saturated heterocycles. The van der Waals surface area contributed by atoms with Gasteiger partial charge in [-0.2, -0.15) is 0 Å². The monoisotopic (exact) mass is 300 g/mol. The van der Waals surface area contributed by atoms with Gasteiger partial charge in [-0.05, 0) is 26.0 Å². The molecule has 0 aliphatic carbocycles. The van der Waals surface area contributed by atoms with E-state index < -0.39 is 0 Å². The van der Waals surface area contributed by atoms with E-state index >= 15 is 0 Å². The van der Waals surface area contributed by atoms with Gasteiger partial charge in [0, 0.05) is 36.1 Å². The van der Waals surface area contributed by atoms with Crippen LogP contribution in [0.4, 0.5) is 0 Å². The molecule has 0 spiro atoms. The van der Waals surface area contributed by atoms with Crippen LogP contribution in [0.1, 0.15) is 32.0 Å². The first-order valence-electron chi connectivity index (χ1n) is 7.70. The number of hydrogen-bond donors (Lipinski definition) is 1. The molecule has 0 saturated carbocycles. The van der Waals surface area contributed by atoms with E-state index in [1.54, 1.807) is 6.07 Å². The molecule has 0 amide bonds. The lowest BCUT2D eigenvalue weighted by Crippen LogP contribution is -2.26. The summed E-state index contributed by atoms with van der Waals surface area (Å²) in [6.45, 7) is 9.20.